The summed E-state index contributed by atoms with van der Waals surface area (Å²) in [5.41, 5.74) is 0. The van der Waals surface area contributed by atoms with E-state index in [1.165, 1.54) is 52.1 Å². The molecule has 0 atom stereocenters. The monoisotopic (exact) mass is 291 g/mol. The van der Waals surface area contributed by atoms with Gasteiger partial charge < -0.3 is 4.90 Å². The summed E-state index contributed by atoms with van der Waals surface area (Å²) in [4.78, 5) is 7.85. The lowest BCUT2D eigenvalue weighted by molar-refractivity contribution is 0.0558. The average Bonchev–Trinajstić information content (AvgIpc) is 2.48. The molecule has 0 bridgehead atoms. The van der Waals surface area contributed by atoms with E-state index in [0.717, 1.165) is 12.6 Å². The molecule has 0 aromatic carbocycles. The molecule has 2 fully saturated rings. The van der Waals surface area contributed by atoms with Crippen molar-refractivity contribution in [2.75, 3.05) is 45.8 Å². The second-order valence-corrected chi connectivity index (χ2v) is 7.15. The second kappa shape index (κ2) is 8.17. The average molecular weight is 291 g/mol. The molecule has 0 saturated carbocycles. The van der Waals surface area contributed by atoms with E-state index in [-0.39, 0.29) is 0 Å². The van der Waals surface area contributed by atoms with Crippen molar-refractivity contribution in [2.45, 2.75) is 52.6 Å². The quantitative estimate of drug-likeness (QED) is 0.738. The standard InChI is InChI=1S/C18H33N3/c1-16(2)6-5-9-19-12-14-21(15-13-19)18-7-10-20(11-8-18)17(3)4/h16-18H,7-15H2,1-4H3. The Balaban J connectivity index is 1.69. The first-order valence-electron chi connectivity index (χ1n) is 8.75. The molecule has 120 valence electrons. The van der Waals surface area contributed by atoms with E-state index in [1.807, 2.05) is 0 Å². The normalized spacial score (nSPS) is 23.5. The predicted octanol–water partition coefficient (Wildman–Crippen LogP) is 2.14. The van der Waals surface area contributed by atoms with Crippen LogP contribution in [0, 0.1) is 17.8 Å². The van der Waals surface area contributed by atoms with Crippen molar-refractivity contribution in [3.05, 3.63) is 0 Å². The van der Waals surface area contributed by atoms with Crippen molar-refractivity contribution in [1.82, 2.24) is 14.7 Å². The van der Waals surface area contributed by atoms with Gasteiger partial charge in [-0.15, -0.1) is 0 Å². The summed E-state index contributed by atoms with van der Waals surface area (Å²) in [7, 11) is 0. The Kier molecular flexibility index (Phi) is 6.54. The lowest BCUT2D eigenvalue weighted by atomic mass is 10.0. The highest BCUT2D eigenvalue weighted by atomic mass is 15.3. The Morgan fingerprint density at radius 1 is 0.905 bits per heavy atom. The molecule has 0 N–H and O–H groups in total. The van der Waals surface area contributed by atoms with Crippen LogP contribution in [-0.2, 0) is 0 Å². The zero-order chi connectivity index (χ0) is 15.2. The fourth-order valence-electron chi connectivity index (χ4n) is 3.42. The minimum absolute atomic E-state index is 0.498. The lowest BCUT2D eigenvalue weighted by Gasteiger charge is -2.43. The molecule has 2 aliphatic heterocycles. The molecular weight excluding hydrogens is 258 g/mol. The minimum atomic E-state index is 0.498. The maximum atomic E-state index is 3.32. The number of piperidine rings is 1. The van der Waals surface area contributed by atoms with Crippen molar-refractivity contribution in [2.24, 2.45) is 5.92 Å². The first-order valence-corrected chi connectivity index (χ1v) is 8.75. The van der Waals surface area contributed by atoms with Gasteiger partial charge in [-0.1, -0.05) is 25.7 Å². The van der Waals surface area contributed by atoms with Gasteiger partial charge in [0.2, 0.25) is 0 Å². The van der Waals surface area contributed by atoms with Gasteiger partial charge in [0.05, 0.1) is 6.54 Å². The molecule has 2 heterocycles. The molecular formula is C18H33N3. The zero-order valence-corrected chi connectivity index (χ0v) is 14.4. The van der Waals surface area contributed by atoms with Gasteiger partial charge in [-0.25, -0.2) is 0 Å². The van der Waals surface area contributed by atoms with E-state index in [9.17, 15) is 0 Å². The highest BCUT2D eigenvalue weighted by Crippen LogP contribution is 2.19. The van der Waals surface area contributed by atoms with Gasteiger partial charge in [-0.2, -0.15) is 0 Å². The van der Waals surface area contributed by atoms with Crippen molar-refractivity contribution in [1.29, 1.82) is 0 Å². The number of likely N-dealkylation sites (tertiary alicyclic amines) is 1. The Morgan fingerprint density at radius 3 is 2.05 bits per heavy atom. The number of hydrogen-bond acceptors (Lipinski definition) is 3. The van der Waals surface area contributed by atoms with Crippen LogP contribution >= 0.6 is 0 Å². The van der Waals surface area contributed by atoms with Crippen LogP contribution in [-0.4, -0.2) is 72.6 Å². The van der Waals surface area contributed by atoms with Crippen molar-refractivity contribution in [3.63, 3.8) is 0 Å². The van der Waals surface area contributed by atoms with E-state index < -0.39 is 0 Å². The fraction of sp³-hybridized carbons (Fsp3) is 0.889. The molecule has 2 aliphatic rings. The third-order valence-corrected chi connectivity index (χ3v) is 4.85. The van der Waals surface area contributed by atoms with Gasteiger partial charge in [0.15, 0.2) is 0 Å². The largest absolute Gasteiger partial charge is 0.301 e. The van der Waals surface area contributed by atoms with Gasteiger partial charge in [-0.3, -0.25) is 9.80 Å². The first-order chi connectivity index (χ1) is 10.1. The van der Waals surface area contributed by atoms with E-state index in [0.29, 0.717) is 12.0 Å². The maximum Gasteiger partial charge on any atom is 0.0602 e. The molecule has 0 aromatic rings. The molecule has 3 nitrogen and oxygen atoms in total. The molecule has 2 saturated heterocycles. The highest BCUT2D eigenvalue weighted by molar-refractivity contribution is 5.03. The molecule has 0 unspecified atom stereocenters. The molecule has 2 rings (SSSR count). The molecule has 0 amide bonds. The molecule has 21 heavy (non-hydrogen) atoms. The van der Waals surface area contributed by atoms with Crippen LogP contribution in [0.5, 0.6) is 0 Å². The van der Waals surface area contributed by atoms with Crippen LogP contribution in [0.4, 0.5) is 0 Å². The van der Waals surface area contributed by atoms with E-state index in [4.69, 9.17) is 0 Å². The first kappa shape index (κ1) is 16.8. The highest BCUT2D eigenvalue weighted by Gasteiger charge is 2.27. The molecule has 0 radical (unpaired) electrons. The zero-order valence-electron chi connectivity index (χ0n) is 14.4. The maximum absolute atomic E-state index is 3.32. The van der Waals surface area contributed by atoms with E-state index in [1.54, 1.807) is 0 Å². The van der Waals surface area contributed by atoms with Crippen LogP contribution in [0.15, 0.2) is 0 Å². The summed E-state index contributed by atoms with van der Waals surface area (Å²) in [5.74, 6) is 7.09. The summed E-state index contributed by atoms with van der Waals surface area (Å²) < 4.78 is 0. The van der Waals surface area contributed by atoms with Gasteiger partial charge in [0.25, 0.3) is 0 Å². The SMILES string of the molecule is CC(C)C#CCN1CCN(C2CCN(C(C)C)CC2)CC1. The molecule has 0 aliphatic carbocycles. The van der Waals surface area contributed by atoms with Crippen LogP contribution in [0.3, 0.4) is 0 Å². The van der Waals surface area contributed by atoms with Gasteiger partial charge in [0.1, 0.15) is 0 Å². The summed E-state index contributed by atoms with van der Waals surface area (Å²) in [6.07, 6.45) is 2.71. The third kappa shape index (κ3) is 5.29. The second-order valence-electron chi connectivity index (χ2n) is 7.15. The Morgan fingerprint density at radius 2 is 1.52 bits per heavy atom. The summed E-state index contributed by atoms with van der Waals surface area (Å²) in [5, 5.41) is 0. The van der Waals surface area contributed by atoms with Crippen molar-refractivity contribution < 1.29 is 0 Å². The topological polar surface area (TPSA) is 9.72 Å². The molecule has 3 heteroatoms. The summed E-state index contributed by atoms with van der Waals surface area (Å²) in [6.45, 7) is 17.3. The van der Waals surface area contributed by atoms with Gasteiger partial charge in [-0.05, 0) is 39.8 Å². The van der Waals surface area contributed by atoms with Crippen LogP contribution in [0.1, 0.15) is 40.5 Å². The van der Waals surface area contributed by atoms with Crippen molar-refractivity contribution >= 4 is 0 Å². The number of hydrogen-bond donors (Lipinski definition) is 0. The van der Waals surface area contributed by atoms with Crippen LogP contribution in [0.25, 0.3) is 0 Å². The number of nitrogens with zero attached hydrogens (tertiary/aromatic N) is 3. The lowest BCUT2D eigenvalue weighted by Crippen LogP contribution is -2.53. The van der Waals surface area contributed by atoms with Gasteiger partial charge >= 0.3 is 0 Å². The third-order valence-electron chi connectivity index (χ3n) is 4.85. The Bertz CT molecular complexity index is 350. The van der Waals surface area contributed by atoms with E-state index >= 15 is 0 Å². The Hall–Kier alpha value is -0.560. The molecule has 0 spiro atoms. The predicted molar refractivity (Wildman–Crippen MR) is 90.4 cm³/mol. The minimum Gasteiger partial charge on any atom is -0.301 e. The Labute approximate surface area is 131 Å². The smallest absolute Gasteiger partial charge is 0.0602 e. The summed E-state index contributed by atoms with van der Waals surface area (Å²) >= 11 is 0. The number of piperazine rings is 1. The molecule has 0 aromatic heterocycles. The van der Waals surface area contributed by atoms with Crippen LogP contribution < -0.4 is 0 Å². The fourth-order valence-corrected chi connectivity index (χ4v) is 3.42. The van der Waals surface area contributed by atoms with Gasteiger partial charge in [0, 0.05) is 44.2 Å². The van der Waals surface area contributed by atoms with E-state index in [2.05, 4.69) is 54.2 Å². The summed E-state index contributed by atoms with van der Waals surface area (Å²) in [6, 6.07) is 1.53. The van der Waals surface area contributed by atoms with Crippen LogP contribution in [0.2, 0.25) is 0 Å². The van der Waals surface area contributed by atoms with Crippen molar-refractivity contribution in [3.8, 4) is 11.8 Å². The number of rotatable bonds is 3.